The lowest BCUT2D eigenvalue weighted by molar-refractivity contribution is -0.120. The summed E-state index contributed by atoms with van der Waals surface area (Å²) in [6, 6.07) is 35.4. The molecule has 4 aromatic carbocycles. The van der Waals surface area contributed by atoms with E-state index in [-0.39, 0.29) is 4.90 Å². The van der Waals surface area contributed by atoms with Crippen LogP contribution in [-0.4, -0.2) is 18.6 Å². The van der Waals surface area contributed by atoms with Crippen molar-refractivity contribution in [2.75, 3.05) is 0 Å². The normalized spacial score (nSPS) is 16.3. The topological polar surface area (TPSA) is 54.5 Å². The molecule has 1 aliphatic rings. The zero-order valence-corrected chi connectivity index (χ0v) is 18.5. The van der Waals surface area contributed by atoms with Gasteiger partial charge in [0.15, 0.2) is 0 Å². The van der Waals surface area contributed by atoms with Crippen LogP contribution in [0.15, 0.2) is 126 Å². The number of rotatable bonds is 5. The average molecular weight is 452 g/mol. The van der Waals surface area contributed by atoms with Crippen LogP contribution in [0.5, 0.6) is 0 Å². The van der Waals surface area contributed by atoms with Gasteiger partial charge < -0.3 is 0 Å². The predicted octanol–water partition coefficient (Wildman–Crippen LogP) is 5.57. The van der Waals surface area contributed by atoms with E-state index in [1.54, 1.807) is 18.2 Å². The van der Waals surface area contributed by atoms with E-state index in [0.29, 0.717) is 16.7 Å². The molecular formula is C28H21NO3S. The first-order valence-electron chi connectivity index (χ1n) is 10.6. The van der Waals surface area contributed by atoms with Crippen molar-refractivity contribution in [2.24, 2.45) is 0 Å². The lowest BCUT2D eigenvalue weighted by Crippen LogP contribution is -2.36. The molecule has 0 N–H and O–H groups in total. The zero-order valence-electron chi connectivity index (χ0n) is 17.7. The number of hydrogen-bond donors (Lipinski definition) is 0. The van der Waals surface area contributed by atoms with E-state index in [1.165, 1.54) is 12.1 Å². The van der Waals surface area contributed by atoms with E-state index in [1.807, 2.05) is 91.0 Å². The number of benzene rings is 4. The quantitative estimate of drug-likeness (QED) is 0.399. The first-order chi connectivity index (χ1) is 16.1. The lowest BCUT2D eigenvalue weighted by Gasteiger charge is -2.27. The number of sulfonamides is 1. The molecule has 1 unspecified atom stereocenters. The molecule has 1 heterocycles. The number of carbonyl (C=O) groups excluding carboxylic acids is 1. The molecule has 0 saturated heterocycles. The van der Waals surface area contributed by atoms with E-state index in [2.05, 4.69) is 0 Å². The van der Waals surface area contributed by atoms with Gasteiger partial charge in [-0.2, -0.15) is 0 Å². The summed E-state index contributed by atoms with van der Waals surface area (Å²) in [5, 5.41) is 0. The number of nitrogens with zero attached hydrogens (tertiary/aromatic N) is 1. The third kappa shape index (κ3) is 3.66. The van der Waals surface area contributed by atoms with Crippen LogP contribution in [0.4, 0.5) is 0 Å². The number of hydrogen-bond acceptors (Lipinski definition) is 3. The standard InChI is InChI=1S/C28H21NO3S/c30-28-26(22-15-7-2-8-16-22)25(21-13-5-1-6-14-21)27(23-17-9-3-10-18-23)29(28)33(31,32)24-19-11-4-12-20-24/h1-20,27H. The summed E-state index contributed by atoms with van der Waals surface area (Å²) in [4.78, 5) is 14.1. The Labute approximate surface area is 193 Å². The van der Waals surface area contributed by atoms with Gasteiger partial charge in [-0.1, -0.05) is 109 Å². The minimum Gasteiger partial charge on any atom is -0.268 e. The van der Waals surface area contributed by atoms with Crippen molar-refractivity contribution in [3.8, 4) is 0 Å². The van der Waals surface area contributed by atoms with Gasteiger partial charge >= 0.3 is 0 Å². The summed E-state index contributed by atoms with van der Waals surface area (Å²) in [5.74, 6) is -0.530. The van der Waals surface area contributed by atoms with Crippen molar-refractivity contribution < 1.29 is 13.2 Å². The summed E-state index contributed by atoms with van der Waals surface area (Å²) in [5.41, 5.74) is 3.31. The Morgan fingerprint density at radius 1 is 0.576 bits per heavy atom. The van der Waals surface area contributed by atoms with Gasteiger partial charge in [0.25, 0.3) is 15.9 Å². The Bertz CT molecular complexity index is 1420. The molecule has 33 heavy (non-hydrogen) atoms. The zero-order chi connectivity index (χ0) is 22.8. The third-order valence-corrected chi connectivity index (χ3v) is 7.52. The Morgan fingerprint density at radius 3 is 1.58 bits per heavy atom. The van der Waals surface area contributed by atoms with Crippen LogP contribution in [-0.2, 0) is 14.8 Å². The van der Waals surface area contributed by atoms with Gasteiger partial charge in [-0.15, -0.1) is 0 Å². The summed E-state index contributed by atoms with van der Waals surface area (Å²) in [7, 11) is -4.12. The van der Waals surface area contributed by atoms with Gasteiger partial charge in [0.2, 0.25) is 0 Å². The molecule has 0 bridgehead atoms. The molecule has 0 aromatic heterocycles. The van der Waals surface area contributed by atoms with Crippen molar-refractivity contribution in [3.63, 3.8) is 0 Å². The van der Waals surface area contributed by atoms with Crippen LogP contribution in [0.1, 0.15) is 22.7 Å². The maximum absolute atomic E-state index is 14.0. The van der Waals surface area contributed by atoms with Gasteiger partial charge in [0.1, 0.15) is 0 Å². The number of carbonyl (C=O) groups is 1. The average Bonchev–Trinajstić information content (AvgIpc) is 3.19. The fourth-order valence-electron chi connectivity index (χ4n) is 4.29. The highest BCUT2D eigenvalue weighted by atomic mass is 32.2. The van der Waals surface area contributed by atoms with E-state index in [0.717, 1.165) is 15.4 Å². The summed E-state index contributed by atoms with van der Waals surface area (Å²) >= 11 is 0. The molecule has 1 atom stereocenters. The Morgan fingerprint density at radius 2 is 1.03 bits per heavy atom. The van der Waals surface area contributed by atoms with Gasteiger partial charge in [-0.25, -0.2) is 12.7 Å². The Hall–Kier alpha value is -3.96. The second kappa shape index (κ2) is 8.52. The molecule has 4 nitrogen and oxygen atoms in total. The lowest BCUT2D eigenvalue weighted by atomic mass is 9.90. The highest BCUT2D eigenvalue weighted by Crippen LogP contribution is 2.49. The van der Waals surface area contributed by atoms with Crippen molar-refractivity contribution in [3.05, 3.63) is 138 Å². The minimum atomic E-state index is -4.12. The molecule has 4 aromatic rings. The molecule has 0 spiro atoms. The Kier molecular flexibility index (Phi) is 5.40. The maximum Gasteiger partial charge on any atom is 0.269 e. The second-order valence-electron chi connectivity index (χ2n) is 7.75. The molecular weight excluding hydrogens is 430 g/mol. The van der Waals surface area contributed by atoms with Crippen LogP contribution >= 0.6 is 0 Å². The fourth-order valence-corrected chi connectivity index (χ4v) is 5.83. The molecule has 0 aliphatic carbocycles. The van der Waals surface area contributed by atoms with Gasteiger partial charge in [0.05, 0.1) is 16.5 Å². The number of amides is 1. The fraction of sp³-hybridized carbons (Fsp3) is 0.0357. The van der Waals surface area contributed by atoms with Gasteiger partial charge in [0, 0.05) is 5.57 Å². The van der Waals surface area contributed by atoms with Crippen LogP contribution in [0.3, 0.4) is 0 Å². The third-order valence-electron chi connectivity index (χ3n) is 5.75. The molecule has 1 amide bonds. The SMILES string of the molecule is O=C1C(c2ccccc2)=C(c2ccccc2)C(c2ccccc2)N1S(=O)(=O)c1ccccc1. The monoisotopic (exact) mass is 451 g/mol. The largest absolute Gasteiger partial charge is 0.269 e. The van der Waals surface area contributed by atoms with Crippen molar-refractivity contribution >= 4 is 27.1 Å². The van der Waals surface area contributed by atoms with Crippen molar-refractivity contribution in [2.45, 2.75) is 10.9 Å². The van der Waals surface area contributed by atoms with E-state index < -0.39 is 22.0 Å². The highest BCUT2D eigenvalue weighted by molar-refractivity contribution is 7.89. The minimum absolute atomic E-state index is 0.0843. The molecule has 162 valence electrons. The molecule has 0 fully saturated rings. The van der Waals surface area contributed by atoms with E-state index >= 15 is 0 Å². The summed E-state index contributed by atoms with van der Waals surface area (Å²) in [6.45, 7) is 0. The van der Waals surface area contributed by atoms with Gasteiger partial charge in [-0.05, 0) is 28.8 Å². The van der Waals surface area contributed by atoms with E-state index in [4.69, 9.17) is 0 Å². The van der Waals surface area contributed by atoms with E-state index in [9.17, 15) is 13.2 Å². The van der Waals surface area contributed by atoms with Gasteiger partial charge in [-0.3, -0.25) is 4.79 Å². The smallest absolute Gasteiger partial charge is 0.268 e. The first kappa shape index (κ1) is 20.9. The highest BCUT2D eigenvalue weighted by Gasteiger charge is 2.47. The molecule has 1 aliphatic heterocycles. The van der Waals surface area contributed by atoms with Crippen LogP contribution < -0.4 is 0 Å². The maximum atomic E-state index is 14.0. The molecule has 5 rings (SSSR count). The Balaban J connectivity index is 1.82. The van der Waals surface area contributed by atoms with Crippen LogP contribution in [0.2, 0.25) is 0 Å². The second-order valence-corrected chi connectivity index (χ2v) is 9.57. The summed E-state index contributed by atoms with van der Waals surface area (Å²) < 4.78 is 28.8. The molecule has 0 saturated carbocycles. The van der Waals surface area contributed by atoms with Crippen LogP contribution in [0.25, 0.3) is 11.1 Å². The molecule has 0 radical (unpaired) electrons. The predicted molar refractivity (Wildman–Crippen MR) is 129 cm³/mol. The van der Waals surface area contributed by atoms with Crippen molar-refractivity contribution in [1.29, 1.82) is 0 Å². The molecule has 5 heteroatoms. The van der Waals surface area contributed by atoms with Crippen molar-refractivity contribution in [1.82, 2.24) is 4.31 Å². The van der Waals surface area contributed by atoms with Crippen LogP contribution in [0, 0.1) is 0 Å². The first-order valence-corrected chi connectivity index (χ1v) is 12.1. The summed E-state index contributed by atoms with van der Waals surface area (Å²) in [6.07, 6.45) is 0.